The van der Waals surface area contributed by atoms with Crippen molar-refractivity contribution < 1.29 is 4.79 Å². The van der Waals surface area contributed by atoms with Gasteiger partial charge in [0.2, 0.25) is 0 Å². The minimum atomic E-state index is -0.0687. The summed E-state index contributed by atoms with van der Waals surface area (Å²) in [4.78, 5) is 14.8. The van der Waals surface area contributed by atoms with Crippen LogP contribution < -0.4 is 5.32 Å². The Hall–Kier alpha value is -2.15. The van der Waals surface area contributed by atoms with E-state index in [9.17, 15) is 4.79 Å². The maximum absolute atomic E-state index is 12.6. The largest absolute Gasteiger partial charge is 0.347 e. The van der Waals surface area contributed by atoms with Crippen LogP contribution in [0.1, 0.15) is 39.4 Å². The first kappa shape index (κ1) is 13.5. The van der Waals surface area contributed by atoms with Crippen LogP contribution in [0.25, 0.3) is 0 Å². The van der Waals surface area contributed by atoms with Crippen molar-refractivity contribution in [3.8, 4) is 0 Å². The van der Waals surface area contributed by atoms with Crippen LogP contribution in [0.15, 0.2) is 6.20 Å². The van der Waals surface area contributed by atoms with Gasteiger partial charge in [0.1, 0.15) is 0 Å². The van der Waals surface area contributed by atoms with Gasteiger partial charge in [0, 0.05) is 48.9 Å². The van der Waals surface area contributed by atoms with E-state index in [1.165, 1.54) is 5.56 Å². The Morgan fingerprint density at radius 1 is 1.36 bits per heavy atom. The SMILES string of the molecule is CN1CCc2[nH]nc(C(=O)N[C@@H]3CCc4cn[nH]c4C3)c2C1. The highest BCUT2D eigenvalue weighted by Gasteiger charge is 2.27. The maximum Gasteiger partial charge on any atom is 0.272 e. The number of hydrogen-bond donors (Lipinski definition) is 3. The minimum absolute atomic E-state index is 0.0687. The van der Waals surface area contributed by atoms with E-state index in [-0.39, 0.29) is 11.9 Å². The summed E-state index contributed by atoms with van der Waals surface area (Å²) < 4.78 is 0. The molecule has 0 bridgehead atoms. The third kappa shape index (κ3) is 2.31. The zero-order chi connectivity index (χ0) is 15.1. The molecule has 0 saturated heterocycles. The number of aromatic amines is 2. The van der Waals surface area contributed by atoms with Crippen LogP contribution in [0.2, 0.25) is 0 Å². The van der Waals surface area contributed by atoms with Crippen LogP contribution in [0.4, 0.5) is 0 Å². The molecule has 4 rings (SSSR count). The number of H-pyrrole nitrogens is 2. The van der Waals surface area contributed by atoms with Crippen molar-refractivity contribution in [2.75, 3.05) is 13.6 Å². The fourth-order valence-electron chi connectivity index (χ4n) is 3.40. The van der Waals surface area contributed by atoms with Crippen molar-refractivity contribution in [2.24, 2.45) is 0 Å². The van der Waals surface area contributed by atoms with Gasteiger partial charge in [-0.05, 0) is 25.5 Å². The molecule has 0 saturated carbocycles. The molecule has 22 heavy (non-hydrogen) atoms. The molecule has 7 nitrogen and oxygen atoms in total. The van der Waals surface area contributed by atoms with E-state index in [4.69, 9.17) is 0 Å². The summed E-state index contributed by atoms with van der Waals surface area (Å²) in [5.41, 5.74) is 5.11. The van der Waals surface area contributed by atoms with Gasteiger partial charge < -0.3 is 10.2 Å². The lowest BCUT2D eigenvalue weighted by Gasteiger charge is -2.24. The first-order valence-electron chi connectivity index (χ1n) is 7.77. The molecule has 3 N–H and O–H groups in total. The predicted octanol–water partition coefficient (Wildman–Crippen LogP) is 0.408. The first-order valence-corrected chi connectivity index (χ1v) is 7.77. The zero-order valence-electron chi connectivity index (χ0n) is 12.6. The summed E-state index contributed by atoms with van der Waals surface area (Å²) in [5.74, 6) is -0.0687. The van der Waals surface area contributed by atoms with Gasteiger partial charge in [-0.1, -0.05) is 0 Å². The molecule has 1 aliphatic carbocycles. The van der Waals surface area contributed by atoms with Gasteiger partial charge in [-0.3, -0.25) is 15.0 Å². The van der Waals surface area contributed by atoms with Gasteiger partial charge in [0.25, 0.3) is 5.91 Å². The van der Waals surface area contributed by atoms with E-state index >= 15 is 0 Å². The summed E-state index contributed by atoms with van der Waals surface area (Å²) in [6.07, 6.45) is 5.52. The highest BCUT2D eigenvalue weighted by atomic mass is 16.2. The van der Waals surface area contributed by atoms with E-state index in [1.807, 2.05) is 6.20 Å². The molecule has 0 aromatic carbocycles. The van der Waals surface area contributed by atoms with Gasteiger partial charge in [0.05, 0.1) is 6.20 Å². The van der Waals surface area contributed by atoms with E-state index in [0.29, 0.717) is 5.69 Å². The number of likely N-dealkylation sites (N-methyl/N-ethyl adjacent to an activating group) is 1. The Labute approximate surface area is 128 Å². The Kier molecular flexibility index (Phi) is 3.22. The molecular formula is C15H20N6O. The summed E-state index contributed by atoms with van der Waals surface area (Å²) in [6.45, 7) is 1.78. The van der Waals surface area contributed by atoms with Crippen LogP contribution >= 0.6 is 0 Å². The Morgan fingerprint density at radius 3 is 3.18 bits per heavy atom. The number of hydrogen-bond acceptors (Lipinski definition) is 4. The monoisotopic (exact) mass is 300 g/mol. The third-order valence-electron chi connectivity index (χ3n) is 4.69. The number of aromatic nitrogens is 4. The van der Waals surface area contributed by atoms with Gasteiger partial charge in [-0.15, -0.1) is 0 Å². The van der Waals surface area contributed by atoms with Gasteiger partial charge >= 0.3 is 0 Å². The quantitative estimate of drug-likeness (QED) is 0.749. The van der Waals surface area contributed by atoms with E-state index in [0.717, 1.165) is 55.7 Å². The van der Waals surface area contributed by atoms with Crippen molar-refractivity contribution in [1.82, 2.24) is 30.6 Å². The Morgan fingerprint density at radius 2 is 2.27 bits per heavy atom. The van der Waals surface area contributed by atoms with Crippen molar-refractivity contribution in [3.05, 3.63) is 34.4 Å². The van der Waals surface area contributed by atoms with E-state index in [2.05, 4.69) is 37.7 Å². The molecule has 2 aliphatic rings. The molecule has 0 fully saturated rings. The van der Waals surface area contributed by atoms with Gasteiger partial charge in [0.15, 0.2) is 5.69 Å². The first-order chi connectivity index (χ1) is 10.7. The number of nitrogens with zero attached hydrogens (tertiary/aromatic N) is 3. The third-order valence-corrected chi connectivity index (χ3v) is 4.69. The summed E-state index contributed by atoms with van der Waals surface area (Å²) in [7, 11) is 2.07. The summed E-state index contributed by atoms with van der Waals surface area (Å²) >= 11 is 0. The van der Waals surface area contributed by atoms with Crippen molar-refractivity contribution in [2.45, 2.75) is 38.3 Å². The smallest absolute Gasteiger partial charge is 0.272 e. The lowest BCUT2D eigenvalue weighted by atomic mass is 9.93. The van der Waals surface area contributed by atoms with Crippen molar-refractivity contribution in [1.29, 1.82) is 0 Å². The average Bonchev–Trinajstić information content (AvgIpc) is 3.12. The molecule has 0 spiro atoms. The number of carbonyl (C=O) groups is 1. The van der Waals surface area contributed by atoms with Crippen LogP contribution in [-0.2, 0) is 25.8 Å². The molecule has 2 aromatic heterocycles. The topological polar surface area (TPSA) is 89.7 Å². The summed E-state index contributed by atoms with van der Waals surface area (Å²) in [6, 6.07) is 0.147. The Balaban J connectivity index is 1.48. The molecule has 1 amide bonds. The summed E-state index contributed by atoms with van der Waals surface area (Å²) in [5, 5.41) is 17.5. The molecule has 2 aromatic rings. The second-order valence-corrected chi connectivity index (χ2v) is 6.30. The van der Waals surface area contributed by atoms with Crippen molar-refractivity contribution in [3.63, 3.8) is 0 Å². The maximum atomic E-state index is 12.6. The second-order valence-electron chi connectivity index (χ2n) is 6.30. The highest BCUT2D eigenvalue weighted by molar-refractivity contribution is 5.94. The molecular weight excluding hydrogens is 280 g/mol. The number of fused-ring (bicyclic) bond motifs is 2. The number of rotatable bonds is 2. The molecule has 7 heteroatoms. The van der Waals surface area contributed by atoms with Crippen LogP contribution in [0.3, 0.4) is 0 Å². The fraction of sp³-hybridized carbons (Fsp3) is 0.533. The average molecular weight is 300 g/mol. The predicted molar refractivity (Wildman–Crippen MR) is 80.5 cm³/mol. The highest BCUT2D eigenvalue weighted by Crippen LogP contribution is 2.21. The van der Waals surface area contributed by atoms with Crippen LogP contribution in [0.5, 0.6) is 0 Å². The standard InChI is InChI=1S/C15H20N6O/c1-21-5-4-12-11(8-21)14(20-19-12)15(22)17-10-3-2-9-7-16-18-13(9)6-10/h7,10H,2-6,8H2,1H3,(H,16,18)(H,17,22)(H,19,20)/t10-/m1/s1. The molecule has 116 valence electrons. The normalized spacial score (nSPS) is 21.2. The molecule has 0 radical (unpaired) electrons. The number of aryl methyl sites for hydroxylation is 1. The zero-order valence-corrected chi connectivity index (χ0v) is 12.6. The lowest BCUT2D eigenvalue weighted by Crippen LogP contribution is -2.39. The number of nitrogens with one attached hydrogen (secondary N) is 3. The van der Waals surface area contributed by atoms with Crippen LogP contribution in [0, 0.1) is 0 Å². The van der Waals surface area contributed by atoms with E-state index in [1.54, 1.807) is 0 Å². The van der Waals surface area contributed by atoms with Crippen molar-refractivity contribution >= 4 is 5.91 Å². The van der Waals surface area contributed by atoms with Gasteiger partial charge in [-0.2, -0.15) is 10.2 Å². The molecule has 3 heterocycles. The minimum Gasteiger partial charge on any atom is -0.347 e. The van der Waals surface area contributed by atoms with Gasteiger partial charge in [-0.25, -0.2) is 0 Å². The number of amides is 1. The Bertz CT molecular complexity index is 703. The lowest BCUT2D eigenvalue weighted by molar-refractivity contribution is 0.0926. The second kappa shape index (κ2) is 5.24. The molecule has 0 unspecified atom stereocenters. The fourth-order valence-corrected chi connectivity index (χ4v) is 3.40. The number of carbonyl (C=O) groups excluding carboxylic acids is 1. The molecule has 1 aliphatic heterocycles. The molecule has 1 atom stereocenters. The van der Waals surface area contributed by atoms with Crippen LogP contribution in [-0.4, -0.2) is 50.8 Å². The van der Waals surface area contributed by atoms with E-state index < -0.39 is 0 Å².